The maximum absolute atomic E-state index is 9.08. The Bertz CT molecular complexity index is 474. The van der Waals surface area contributed by atoms with Crippen molar-refractivity contribution in [1.29, 1.82) is 0 Å². The van der Waals surface area contributed by atoms with E-state index < -0.39 is 0 Å². The van der Waals surface area contributed by atoms with Crippen LogP contribution in [0.1, 0.15) is 36.7 Å². The molecule has 0 bridgehead atoms. The molecule has 0 atom stereocenters. The van der Waals surface area contributed by atoms with E-state index in [1.807, 2.05) is 0 Å². The summed E-state index contributed by atoms with van der Waals surface area (Å²) in [7, 11) is 0. The van der Waals surface area contributed by atoms with Gasteiger partial charge in [-0.2, -0.15) is 5.10 Å². The molecule has 17 heavy (non-hydrogen) atoms. The molecule has 1 N–H and O–H groups in total. The summed E-state index contributed by atoms with van der Waals surface area (Å²) in [5.41, 5.74) is 2.49. The molecule has 0 amide bonds. The lowest BCUT2D eigenvalue weighted by molar-refractivity contribution is 0.264. The van der Waals surface area contributed by atoms with Crippen LogP contribution in [-0.2, 0) is 13.2 Å². The van der Waals surface area contributed by atoms with Gasteiger partial charge < -0.3 is 5.11 Å². The smallest absolute Gasteiger partial charge is 0.152 e. The highest BCUT2D eigenvalue weighted by Gasteiger charge is 2.04. The van der Waals surface area contributed by atoms with Crippen LogP contribution in [0.25, 0.3) is 0 Å². The second-order valence-electron chi connectivity index (χ2n) is 4.39. The highest BCUT2D eigenvalue weighted by Crippen LogP contribution is 2.15. The van der Waals surface area contributed by atoms with Gasteiger partial charge in [-0.25, -0.2) is 9.67 Å². The first-order chi connectivity index (χ1) is 8.20. The van der Waals surface area contributed by atoms with E-state index in [0.29, 0.717) is 18.3 Å². The van der Waals surface area contributed by atoms with E-state index in [0.717, 1.165) is 5.56 Å². The minimum atomic E-state index is -0.0793. The lowest BCUT2D eigenvalue weighted by Gasteiger charge is -2.08. The van der Waals surface area contributed by atoms with E-state index in [1.165, 1.54) is 11.9 Å². The zero-order chi connectivity index (χ0) is 12.3. The number of aromatic nitrogens is 3. The van der Waals surface area contributed by atoms with Gasteiger partial charge >= 0.3 is 0 Å². The quantitative estimate of drug-likeness (QED) is 0.875. The van der Waals surface area contributed by atoms with Gasteiger partial charge in [0.05, 0.1) is 6.54 Å². The molecule has 2 rings (SSSR count). The molecule has 1 heterocycles. The molecule has 0 unspecified atom stereocenters. The zero-order valence-electron chi connectivity index (χ0n) is 10.2. The van der Waals surface area contributed by atoms with Crippen LogP contribution in [0.5, 0.6) is 0 Å². The molecule has 0 spiro atoms. The first-order valence-electron chi connectivity index (χ1n) is 5.77. The first-order valence-corrected chi connectivity index (χ1v) is 5.77. The second-order valence-corrected chi connectivity index (χ2v) is 4.39. The van der Waals surface area contributed by atoms with Gasteiger partial charge in [-0.05, 0) is 17.0 Å². The lowest BCUT2D eigenvalue weighted by Crippen LogP contribution is -2.07. The number of rotatable bonds is 4. The molecule has 4 nitrogen and oxygen atoms in total. The van der Waals surface area contributed by atoms with Gasteiger partial charge in [0, 0.05) is 0 Å². The molecule has 0 radical (unpaired) electrons. The molecule has 0 aliphatic rings. The van der Waals surface area contributed by atoms with Crippen LogP contribution in [0.2, 0.25) is 0 Å². The molecule has 4 heteroatoms. The fourth-order valence-electron chi connectivity index (χ4n) is 1.72. The largest absolute Gasteiger partial charge is 0.388 e. The van der Waals surface area contributed by atoms with Gasteiger partial charge in [0.15, 0.2) is 5.82 Å². The van der Waals surface area contributed by atoms with Crippen LogP contribution in [0.15, 0.2) is 30.6 Å². The Hall–Kier alpha value is -1.68. The minimum Gasteiger partial charge on any atom is -0.388 e. The molecule has 1 aromatic carbocycles. The van der Waals surface area contributed by atoms with E-state index in [2.05, 4.69) is 48.2 Å². The maximum Gasteiger partial charge on any atom is 0.152 e. The van der Waals surface area contributed by atoms with Crippen molar-refractivity contribution in [3.05, 3.63) is 47.5 Å². The molecule has 1 aromatic heterocycles. The van der Waals surface area contributed by atoms with E-state index >= 15 is 0 Å². The van der Waals surface area contributed by atoms with Crippen molar-refractivity contribution in [2.75, 3.05) is 0 Å². The summed E-state index contributed by atoms with van der Waals surface area (Å²) in [5, 5.41) is 13.2. The normalized spacial score (nSPS) is 11.1. The summed E-state index contributed by atoms with van der Waals surface area (Å²) >= 11 is 0. The Labute approximate surface area is 101 Å². The number of hydrogen-bond donors (Lipinski definition) is 1. The van der Waals surface area contributed by atoms with Gasteiger partial charge in [0.2, 0.25) is 0 Å². The average molecular weight is 231 g/mol. The number of nitrogens with zero attached hydrogens (tertiary/aromatic N) is 3. The Morgan fingerprint density at radius 3 is 2.53 bits per heavy atom. The van der Waals surface area contributed by atoms with Gasteiger partial charge in [-0.15, -0.1) is 0 Å². The third-order valence-electron chi connectivity index (χ3n) is 2.82. The lowest BCUT2D eigenvalue weighted by atomic mass is 10.0. The van der Waals surface area contributed by atoms with Crippen LogP contribution in [0.4, 0.5) is 0 Å². The molecule has 0 saturated heterocycles. The van der Waals surface area contributed by atoms with Crippen LogP contribution < -0.4 is 0 Å². The Morgan fingerprint density at radius 1 is 1.24 bits per heavy atom. The van der Waals surface area contributed by atoms with Crippen LogP contribution >= 0.6 is 0 Å². The van der Waals surface area contributed by atoms with Crippen molar-refractivity contribution >= 4 is 0 Å². The summed E-state index contributed by atoms with van der Waals surface area (Å²) in [6.07, 6.45) is 1.47. The number of benzene rings is 1. The van der Waals surface area contributed by atoms with E-state index in [-0.39, 0.29) is 6.61 Å². The van der Waals surface area contributed by atoms with Crippen molar-refractivity contribution in [2.24, 2.45) is 0 Å². The molecule has 0 aliphatic heterocycles. The molecule has 0 aliphatic carbocycles. The fraction of sp³-hybridized carbons (Fsp3) is 0.385. The summed E-state index contributed by atoms with van der Waals surface area (Å²) in [4.78, 5) is 3.98. The van der Waals surface area contributed by atoms with Crippen LogP contribution in [0, 0.1) is 0 Å². The average Bonchev–Trinajstić information content (AvgIpc) is 2.77. The van der Waals surface area contributed by atoms with Gasteiger partial charge in [-0.3, -0.25) is 0 Å². The van der Waals surface area contributed by atoms with Gasteiger partial charge in [0.1, 0.15) is 12.9 Å². The van der Waals surface area contributed by atoms with Crippen molar-refractivity contribution in [2.45, 2.75) is 32.9 Å². The van der Waals surface area contributed by atoms with Gasteiger partial charge in [-0.1, -0.05) is 38.1 Å². The number of aliphatic hydroxyl groups excluding tert-OH is 1. The van der Waals surface area contributed by atoms with Gasteiger partial charge in [0.25, 0.3) is 0 Å². The highest BCUT2D eigenvalue weighted by molar-refractivity contribution is 5.24. The molecule has 0 fully saturated rings. The standard InChI is InChI=1S/C13H17N3O/c1-10(2)12-5-3-11(4-6-12)7-16-13(8-17)14-9-15-16/h3-6,9-10,17H,7-8H2,1-2H3. The summed E-state index contributed by atoms with van der Waals surface area (Å²) < 4.78 is 1.71. The van der Waals surface area contributed by atoms with E-state index in [4.69, 9.17) is 5.11 Å². The Kier molecular flexibility index (Phi) is 3.54. The topological polar surface area (TPSA) is 50.9 Å². The number of hydrogen-bond acceptors (Lipinski definition) is 3. The third kappa shape index (κ3) is 2.71. The summed E-state index contributed by atoms with van der Waals surface area (Å²) in [5.74, 6) is 1.14. The van der Waals surface area contributed by atoms with Crippen LogP contribution in [0.3, 0.4) is 0 Å². The third-order valence-corrected chi connectivity index (χ3v) is 2.82. The predicted molar refractivity (Wildman–Crippen MR) is 65.6 cm³/mol. The van der Waals surface area contributed by atoms with Crippen molar-refractivity contribution in [3.8, 4) is 0 Å². The molecular weight excluding hydrogens is 214 g/mol. The fourth-order valence-corrected chi connectivity index (χ4v) is 1.72. The maximum atomic E-state index is 9.08. The number of aliphatic hydroxyl groups is 1. The molecular formula is C13H17N3O. The summed E-state index contributed by atoms with van der Waals surface area (Å²) in [6.45, 7) is 4.92. The zero-order valence-corrected chi connectivity index (χ0v) is 10.2. The summed E-state index contributed by atoms with van der Waals surface area (Å²) in [6, 6.07) is 8.46. The van der Waals surface area contributed by atoms with Crippen molar-refractivity contribution in [1.82, 2.24) is 14.8 Å². The molecule has 0 saturated carbocycles. The predicted octanol–water partition coefficient (Wildman–Crippen LogP) is 1.94. The first kappa shape index (κ1) is 11.8. The Balaban J connectivity index is 2.14. The molecule has 2 aromatic rings. The van der Waals surface area contributed by atoms with Crippen molar-refractivity contribution in [3.63, 3.8) is 0 Å². The van der Waals surface area contributed by atoms with E-state index in [1.54, 1.807) is 4.68 Å². The van der Waals surface area contributed by atoms with Crippen LogP contribution in [-0.4, -0.2) is 19.9 Å². The van der Waals surface area contributed by atoms with Crippen molar-refractivity contribution < 1.29 is 5.11 Å². The van der Waals surface area contributed by atoms with E-state index in [9.17, 15) is 0 Å². The second kappa shape index (κ2) is 5.10. The Morgan fingerprint density at radius 2 is 1.94 bits per heavy atom. The highest BCUT2D eigenvalue weighted by atomic mass is 16.3. The SMILES string of the molecule is CC(C)c1ccc(Cn2ncnc2CO)cc1. The monoisotopic (exact) mass is 231 g/mol. The molecule has 90 valence electrons. The minimum absolute atomic E-state index is 0.0793.